The SMILES string of the molecule is CN1CCN(C(=O)c2cc(Cl)cn2C)CC1c1ncc[nH]1. The van der Waals surface area contributed by atoms with E-state index in [1.54, 1.807) is 29.2 Å². The number of aryl methyl sites for hydroxylation is 1. The van der Waals surface area contributed by atoms with Gasteiger partial charge in [-0.3, -0.25) is 9.69 Å². The fourth-order valence-electron chi connectivity index (χ4n) is 2.71. The maximum atomic E-state index is 12.7. The number of hydrogen-bond donors (Lipinski definition) is 1. The van der Waals surface area contributed by atoms with E-state index in [0.29, 0.717) is 23.8 Å². The summed E-state index contributed by atoms with van der Waals surface area (Å²) in [6.45, 7) is 2.14. The smallest absolute Gasteiger partial charge is 0.270 e. The number of carbonyl (C=O) groups is 1. The van der Waals surface area contributed by atoms with Gasteiger partial charge in [0, 0.05) is 45.3 Å². The molecule has 3 rings (SSSR count). The van der Waals surface area contributed by atoms with Crippen LogP contribution in [0, 0.1) is 0 Å². The number of H-pyrrole nitrogens is 1. The van der Waals surface area contributed by atoms with Crippen molar-refractivity contribution in [1.29, 1.82) is 0 Å². The number of aromatic amines is 1. The number of hydrogen-bond acceptors (Lipinski definition) is 3. The molecule has 2 aromatic rings. The molecule has 7 heteroatoms. The lowest BCUT2D eigenvalue weighted by Crippen LogP contribution is -2.49. The highest BCUT2D eigenvalue weighted by Gasteiger charge is 2.31. The van der Waals surface area contributed by atoms with Crippen LogP contribution >= 0.6 is 11.6 Å². The highest BCUT2D eigenvalue weighted by Crippen LogP contribution is 2.23. The molecule has 1 N–H and O–H groups in total. The predicted molar refractivity (Wildman–Crippen MR) is 80.3 cm³/mol. The van der Waals surface area contributed by atoms with E-state index in [1.807, 2.05) is 19.0 Å². The zero-order chi connectivity index (χ0) is 15.0. The third kappa shape index (κ3) is 2.69. The highest BCUT2D eigenvalue weighted by molar-refractivity contribution is 6.31. The third-order valence-electron chi connectivity index (χ3n) is 3.96. The Balaban J connectivity index is 1.80. The fraction of sp³-hybridized carbons (Fsp3) is 0.429. The molecule has 3 heterocycles. The maximum absolute atomic E-state index is 12.7. The molecule has 0 spiro atoms. The number of aromatic nitrogens is 3. The molecule has 21 heavy (non-hydrogen) atoms. The summed E-state index contributed by atoms with van der Waals surface area (Å²) in [5.41, 5.74) is 0.614. The molecular formula is C14H18ClN5O. The number of likely N-dealkylation sites (N-methyl/N-ethyl adjacent to an activating group) is 1. The minimum Gasteiger partial charge on any atom is -0.347 e. The average molecular weight is 308 g/mol. The first-order valence-corrected chi connectivity index (χ1v) is 7.24. The Morgan fingerprint density at radius 3 is 2.86 bits per heavy atom. The minimum atomic E-state index is 0.00839. The van der Waals surface area contributed by atoms with E-state index in [1.165, 1.54) is 0 Å². The summed E-state index contributed by atoms with van der Waals surface area (Å²) in [7, 11) is 3.88. The van der Waals surface area contributed by atoms with E-state index < -0.39 is 0 Å². The molecule has 0 saturated carbocycles. The molecule has 0 radical (unpaired) electrons. The summed E-state index contributed by atoms with van der Waals surface area (Å²) < 4.78 is 1.77. The molecule has 0 bridgehead atoms. The van der Waals surface area contributed by atoms with Crippen LogP contribution in [0.3, 0.4) is 0 Å². The Hall–Kier alpha value is -1.79. The number of imidazole rings is 1. The van der Waals surface area contributed by atoms with E-state index in [0.717, 1.165) is 12.4 Å². The number of nitrogens with one attached hydrogen (secondary N) is 1. The van der Waals surface area contributed by atoms with Gasteiger partial charge in [-0.05, 0) is 13.1 Å². The summed E-state index contributed by atoms with van der Waals surface area (Å²) in [4.78, 5) is 24.2. The number of amides is 1. The van der Waals surface area contributed by atoms with Gasteiger partial charge in [0.25, 0.3) is 5.91 Å². The monoisotopic (exact) mass is 307 g/mol. The summed E-state index contributed by atoms with van der Waals surface area (Å²) in [5.74, 6) is 0.897. The summed E-state index contributed by atoms with van der Waals surface area (Å²) in [6, 6.07) is 1.80. The van der Waals surface area contributed by atoms with Crippen LogP contribution < -0.4 is 0 Å². The molecule has 1 amide bonds. The number of rotatable bonds is 2. The number of piperazine rings is 1. The van der Waals surface area contributed by atoms with E-state index in [2.05, 4.69) is 14.9 Å². The van der Waals surface area contributed by atoms with Gasteiger partial charge in [-0.25, -0.2) is 4.98 Å². The molecule has 1 aliphatic rings. The van der Waals surface area contributed by atoms with E-state index >= 15 is 0 Å². The van der Waals surface area contributed by atoms with E-state index in [4.69, 9.17) is 11.6 Å². The van der Waals surface area contributed by atoms with Crippen LogP contribution in [0.1, 0.15) is 22.4 Å². The topological polar surface area (TPSA) is 57.2 Å². The third-order valence-corrected chi connectivity index (χ3v) is 4.17. The Morgan fingerprint density at radius 1 is 1.43 bits per heavy atom. The summed E-state index contributed by atoms with van der Waals surface area (Å²) >= 11 is 5.97. The van der Waals surface area contributed by atoms with Gasteiger partial charge in [0.1, 0.15) is 11.5 Å². The second kappa shape index (κ2) is 5.54. The van der Waals surface area contributed by atoms with Crippen molar-refractivity contribution in [2.75, 3.05) is 26.7 Å². The normalized spacial score (nSPS) is 20.0. The standard InChI is InChI=1S/C14H18ClN5O/c1-18-5-6-20(9-12(18)13-16-3-4-17-13)14(21)11-7-10(15)8-19(11)2/h3-4,7-8,12H,5-6,9H2,1-2H3,(H,16,17). The minimum absolute atomic E-state index is 0.00839. The van der Waals surface area contributed by atoms with Crippen molar-refractivity contribution in [3.8, 4) is 0 Å². The van der Waals surface area contributed by atoms with Crippen molar-refractivity contribution < 1.29 is 4.79 Å². The summed E-state index contributed by atoms with van der Waals surface area (Å²) in [6.07, 6.45) is 5.29. The molecule has 1 fully saturated rings. The zero-order valence-corrected chi connectivity index (χ0v) is 12.8. The Morgan fingerprint density at radius 2 is 2.24 bits per heavy atom. The van der Waals surface area contributed by atoms with Crippen LogP contribution in [0.15, 0.2) is 24.7 Å². The van der Waals surface area contributed by atoms with Crippen LogP contribution in [-0.2, 0) is 7.05 Å². The van der Waals surface area contributed by atoms with Crippen molar-refractivity contribution in [2.24, 2.45) is 7.05 Å². The van der Waals surface area contributed by atoms with E-state index in [9.17, 15) is 4.79 Å². The Bertz CT molecular complexity index is 636. The van der Waals surface area contributed by atoms with Gasteiger partial charge in [-0.1, -0.05) is 11.6 Å². The van der Waals surface area contributed by atoms with Gasteiger partial charge in [-0.2, -0.15) is 0 Å². The van der Waals surface area contributed by atoms with Gasteiger partial charge in [-0.15, -0.1) is 0 Å². The fourth-order valence-corrected chi connectivity index (χ4v) is 2.96. The highest BCUT2D eigenvalue weighted by atomic mass is 35.5. The van der Waals surface area contributed by atoms with E-state index in [-0.39, 0.29) is 11.9 Å². The van der Waals surface area contributed by atoms with Crippen molar-refractivity contribution in [3.05, 3.63) is 41.2 Å². The van der Waals surface area contributed by atoms with Crippen LogP contribution in [0.2, 0.25) is 5.02 Å². The van der Waals surface area contributed by atoms with Crippen LogP contribution in [0.5, 0.6) is 0 Å². The second-order valence-corrected chi connectivity index (χ2v) is 5.81. The number of carbonyl (C=O) groups excluding carboxylic acids is 1. The first-order chi connectivity index (χ1) is 10.1. The first kappa shape index (κ1) is 14.2. The molecule has 2 aromatic heterocycles. The lowest BCUT2D eigenvalue weighted by molar-refractivity contribution is 0.0525. The van der Waals surface area contributed by atoms with Crippen molar-refractivity contribution >= 4 is 17.5 Å². The van der Waals surface area contributed by atoms with Crippen molar-refractivity contribution in [1.82, 2.24) is 24.3 Å². The lowest BCUT2D eigenvalue weighted by Gasteiger charge is -2.38. The second-order valence-electron chi connectivity index (χ2n) is 5.38. The van der Waals surface area contributed by atoms with Gasteiger partial charge in [0.15, 0.2) is 0 Å². The molecule has 6 nitrogen and oxygen atoms in total. The Labute approximate surface area is 128 Å². The van der Waals surface area contributed by atoms with Crippen molar-refractivity contribution in [3.63, 3.8) is 0 Å². The summed E-state index contributed by atoms with van der Waals surface area (Å²) in [5, 5.41) is 0.581. The number of halogens is 1. The molecule has 0 aliphatic carbocycles. The molecular weight excluding hydrogens is 290 g/mol. The zero-order valence-electron chi connectivity index (χ0n) is 12.1. The predicted octanol–water partition coefficient (Wildman–Crippen LogP) is 1.53. The molecule has 112 valence electrons. The maximum Gasteiger partial charge on any atom is 0.270 e. The first-order valence-electron chi connectivity index (χ1n) is 6.87. The van der Waals surface area contributed by atoms with Gasteiger partial charge in [0.05, 0.1) is 11.1 Å². The van der Waals surface area contributed by atoms with Crippen molar-refractivity contribution in [2.45, 2.75) is 6.04 Å². The molecule has 1 unspecified atom stereocenters. The largest absolute Gasteiger partial charge is 0.347 e. The van der Waals surface area contributed by atoms with Gasteiger partial charge >= 0.3 is 0 Å². The molecule has 1 aliphatic heterocycles. The van der Waals surface area contributed by atoms with Gasteiger partial charge < -0.3 is 14.5 Å². The quantitative estimate of drug-likeness (QED) is 0.915. The van der Waals surface area contributed by atoms with Gasteiger partial charge in [0.2, 0.25) is 0 Å². The Kier molecular flexibility index (Phi) is 3.73. The molecule has 0 aromatic carbocycles. The van der Waals surface area contributed by atoms with Crippen LogP contribution in [0.4, 0.5) is 0 Å². The lowest BCUT2D eigenvalue weighted by atomic mass is 10.1. The molecule has 1 saturated heterocycles. The average Bonchev–Trinajstić information content (AvgIpc) is 3.08. The number of nitrogens with zero attached hydrogens (tertiary/aromatic N) is 4. The van der Waals surface area contributed by atoms with Crippen LogP contribution in [0.25, 0.3) is 0 Å². The van der Waals surface area contributed by atoms with Crippen LogP contribution in [-0.4, -0.2) is 56.9 Å². The molecule has 1 atom stereocenters.